The number of hydrogen-bond acceptors (Lipinski definition) is 2. The van der Waals surface area contributed by atoms with Gasteiger partial charge in [0, 0.05) is 23.9 Å². The van der Waals surface area contributed by atoms with Crippen LogP contribution in [-0.4, -0.2) is 18.9 Å². The predicted octanol–water partition coefficient (Wildman–Crippen LogP) is 2.56. The molecule has 1 aromatic carbocycles. The lowest BCUT2D eigenvalue weighted by molar-refractivity contribution is 0.0988. The monoisotopic (exact) mass is 251 g/mol. The number of carbonyl (C=O) groups excluding carboxylic acids is 1. The van der Waals surface area contributed by atoms with Gasteiger partial charge in [0.25, 0.3) is 0 Å². The molecule has 17 heavy (non-hydrogen) atoms. The van der Waals surface area contributed by atoms with E-state index in [1.54, 1.807) is 0 Å². The van der Waals surface area contributed by atoms with Crippen molar-refractivity contribution >= 4 is 18.2 Å². The van der Waals surface area contributed by atoms with Crippen LogP contribution < -0.4 is 5.32 Å². The lowest BCUT2D eigenvalue weighted by Crippen LogP contribution is -2.19. The van der Waals surface area contributed by atoms with Gasteiger partial charge in [-0.1, -0.05) is 31.2 Å². The van der Waals surface area contributed by atoms with Gasteiger partial charge in [0.2, 0.25) is 0 Å². The van der Waals surface area contributed by atoms with Crippen molar-refractivity contribution in [1.82, 2.24) is 5.32 Å². The highest BCUT2D eigenvalue weighted by atomic mass is 35.5. The molecular formula is C14H18ClNO. The molecule has 1 saturated carbocycles. The Labute approximate surface area is 108 Å². The van der Waals surface area contributed by atoms with E-state index in [4.69, 9.17) is 0 Å². The fourth-order valence-corrected chi connectivity index (χ4v) is 2.98. The van der Waals surface area contributed by atoms with Crippen molar-refractivity contribution in [3.05, 3.63) is 35.4 Å². The molecule has 2 unspecified atom stereocenters. The third-order valence-electron chi connectivity index (χ3n) is 4.17. The zero-order valence-electron chi connectivity index (χ0n) is 10.0. The zero-order valence-corrected chi connectivity index (χ0v) is 10.8. The highest BCUT2D eigenvalue weighted by Crippen LogP contribution is 2.56. The molecule has 1 aromatic rings. The molecule has 1 saturated heterocycles. The Morgan fingerprint density at radius 1 is 1.41 bits per heavy atom. The van der Waals surface area contributed by atoms with Crippen LogP contribution in [-0.2, 0) is 5.41 Å². The third-order valence-corrected chi connectivity index (χ3v) is 4.17. The Balaban J connectivity index is 0.00000108. The third kappa shape index (κ3) is 1.90. The fourth-order valence-electron chi connectivity index (χ4n) is 2.98. The standard InChI is InChI=1S/C14H17NO.ClH/c1-2-13(16)10-3-5-11(6-4-10)14-7-12(14)8-15-9-14;/h3-6,12,15H,2,7-9H2,1H3;1H. The van der Waals surface area contributed by atoms with Crippen molar-refractivity contribution in [3.8, 4) is 0 Å². The second-order valence-corrected chi connectivity index (χ2v) is 5.04. The smallest absolute Gasteiger partial charge is 0.162 e. The van der Waals surface area contributed by atoms with Gasteiger partial charge in [0.1, 0.15) is 0 Å². The highest BCUT2D eigenvalue weighted by Gasteiger charge is 2.57. The van der Waals surface area contributed by atoms with Gasteiger partial charge in [-0.15, -0.1) is 12.4 Å². The summed E-state index contributed by atoms with van der Waals surface area (Å²) in [6.07, 6.45) is 1.91. The quantitative estimate of drug-likeness (QED) is 0.837. The van der Waals surface area contributed by atoms with Gasteiger partial charge in [-0.05, 0) is 24.4 Å². The maximum atomic E-state index is 11.5. The zero-order chi connectivity index (χ0) is 11.2. The van der Waals surface area contributed by atoms with E-state index in [0.717, 1.165) is 24.6 Å². The maximum absolute atomic E-state index is 11.5. The Kier molecular flexibility index (Phi) is 3.28. The molecule has 2 fully saturated rings. The first-order chi connectivity index (χ1) is 7.76. The molecule has 92 valence electrons. The number of Topliss-reactive ketones (excluding diaryl/α,β-unsaturated/α-hetero) is 1. The molecule has 1 aliphatic carbocycles. The van der Waals surface area contributed by atoms with Crippen molar-refractivity contribution in [1.29, 1.82) is 0 Å². The van der Waals surface area contributed by atoms with Crippen LogP contribution in [0.3, 0.4) is 0 Å². The summed E-state index contributed by atoms with van der Waals surface area (Å²) in [5.41, 5.74) is 2.68. The summed E-state index contributed by atoms with van der Waals surface area (Å²) in [5.74, 6) is 1.07. The second-order valence-electron chi connectivity index (χ2n) is 5.04. The number of fused-ring (bicyclic) bond motifs is 1. The molecule has 0 amide bonds. The summed E-state index contributed by atoms with van der Waals surface area (Å²) in [6, 6.07) is 8.28. The van der Waals surface area contributed by atoms with Crippen LogP contribution in [0.2, 0.25) is 0 Å². The summed E-state index contributed by atoms with van der Waals surface area (Å²) in [4.78, 5) is 11.5. The predicted molar refractivity (Wildman–Crippen MR) is 71.0 cm³/mol. The van der Waals surface area contributed by atoms with Crippen LogP contribution in [0.5, 0.6) is 0 Å². The topological polar surface area (TPSA) is 29.1 Å². The lowest BCUT2D eigenvalue weighted by Gasteiger charge is -2.12. The Bertz CT molecular complexity index is 428. The van der Waals surface area contributed by atoms with Crippen LogP contribution in [0.25, 0.3) is 0 Å². The van der Waals surface area contributed by atoms with Crippen molar-refractivity contribution in [2.75, 3.05) is 13.1 Å². The van der Waals surface area contributed by atoms with Gasteiger partial charge in [0.05, 0.1) is 0 Å². The number of halogens is 1. The van der Waals surface area contributed by atoms with E-state index < -0.39 is 0 Å². The minimum Gasteiger partial charge on any atom is -0.316 e. The average Bonchev–Trinajstić information content (AvgIpc) is 2.91. The van der Waals surface area contributed by atoms with E-state index in [9.17, 15) is 4.79 Å². The molecule has 1 aliphatic heterocycles. The molecule has 0 aromatic heterocycles. The summed E-state index contributed by atoms with van der Waals surface area (Å²) in [5, 5.41) is 3.44. The number of rotatable bonds is 3. The fraction of sp³-hybridized carbons (Fsp3) is 0.500. The molecule has 0 spiro atoms. The van der Waals surface area contributed by atoms with Crippen molar-refractivity contribution in [2.45, 2.75) is 25.2 Å². The number of hydrogen-bond donors (Lipinski definition) is 1. The summed E-state index contributed by atoms with van der Waals surface area (Å²) >= 11 is 0. The molecule has 2 nitrogen and oxygen atoms in total. The van der Waals surface area contributed by atoms with Gasteiger partial charge < -0.3 is 5.32 Å². The van der Waals surface area contributed by atoms with Gasteiger partial charge in [-0.25, -0.2) is 0 Å². The van der Waals surface area contributed by atoms with Crippen molar-refractivity contribution in [2.24, 2.45) is 5.92 Å². The molecular weight excluding hydrogens is 234 g/mol. The first-order valence-corrected chi connectivity index (χ1v) is 6.11. The Morgan fingerprint density at radius 3 is 2.59 bits per heavy atom. The molecule has 0 bridgehead atoms. The van der Waals surface area contributed by atoms with Crippen molar-refractivity contribution in [3.63, 3.8) is 0 Å². The van der Waals surface area contributed by atoms with Gasteiger partial charge in [-0.2, -0.15) is 0 Å². The normalized spacial score (nSPS) is 29.4. The average molecular weight is 252 g/mol. The van der Waals surface area contributed by atoms with Crippen molar-refractivity contribution < 1.29 is 4.79 Å². The SMILES string of the molecule is CCC(=O)c1ccc(C23CNCC2C3)cc1.Cl. The first-order valence-electron chi connectivity index (χ1n) is 6.11. The van der Waals surface area contributed by atoms with Crippen LogP contribution >= 0.6 is 12.4 Å². The number of piperidine rings is 1. The van der Waals surface area contributed by atoms with Crippen LogP contribution in [0.15, 0.2) is 24.3 Å². The number of nitrogens with one attached hydrogen (secondary N) is 1. The molecule has 3 heteroatoms. The minimum atomic E-state index is 0. The highest BCUT2D eigenvalue weighted by molar-refractivity contribution is 5.95. The van der Waals surface area contributed by atoms with Crippen LogP contribution in [0, 0.1) is 5.92 Å². The molecule has 1 heterocycles. The van der Waals surface area contributed by atoms with Crippen LogP contribution in [0.4, 0.5) is 0 Å². The van der Waals surface area contributed by atoms with E-state index in [0.29, 0.717) is 11.8 Å². The summed E-state index contributed by atoms with van der Waals surface area (Å²) in [6.45, 7) is 4.18. The van der Waals surface area contributed by atoms with Crippen LogP contribution in [0.1, 0.15) is 35.7 Å². The Hall–Kier alpha value is -0.860. The summed E-state index contributed by atoms with van der Waals surface area (Å²) in [7, 11) is 0. The number of benzene rings is 1. The maximum Gasteiger partial charge on any atom is 0.162 e. The molecule has 1 N–H and O–H groups in total. The van der Waals surface area contributed by atoms with Gasteiger partial charge in [-0.3, -0.25) is 4.79 Å². The molecule has 2 aliphatic rings. The van der Waals surface area contributed by atoms with Gasteiger partial charge in [0.15, 0.2) is 5.78 Å². The molecule has 2 atom stereocenters. The van der Waals surface area contributed by atoms with Gasteiger partial charge >= 0.3 is 0 Å². The Morgan fingerprint density at radius 2 is 2.12 bits per heavy atom. The number of carbonyl (C=O) groups is 1. The largest absolute Gasteiger partial charge is 0.316 e. The molecule has 0 radical (unpaired) electrons. The van der Waals surface area contributed by atoms with E-state index in [-0.39, 0.29) is 18.2 Å². The van der Waals surface area contributed by atoms with E-state index >= 15 is 0 Å². The lowest BCUT2D eigenvalue weighted by atomic mass is 9.93. The molecule has 3 rings (SSSR count). The van der Waals surface area contributed by atoms with E-state index in [1.807, 2.05) is 19.1 Å². The first kappa shape index (κ1) is 12.6. The minimum absolute atomic E-state index is 0. The van der Waals surface area contributed by atoms with E-state index in [1.165, 1.54) is 12.0 Å². The van der Waals surface area contributed by atoms with E-state index in [2.05, 4.69) is 17.4 Å². The number of ketones is 1. The second kappa shape index (κ2) is 4.43. The summed E-state index contributed by atoms with van der Waals surface area (Å²) < 4.78 is 0.